The first-order chi connectivity index (χ1) is 9.05. The summed E-state index contributed by atoms with van der Waals surface area (Å²) in [7, 11) is 0. The van der Waals surface area contributed by atoms with Crippen LogP contribution in [0.15, 0.2) is 0 Å². The van der Waals surface area contributed by atoms with Gasteiger partial charge in [0.1, 0.15) is 5.54 Å². The van der Waals surface area contributed by atoms with Gasteiger partial charge in [0.25, 0.3) is 0 Å². The lowest BCUT2D eigenvalue weighted by Gasteiger charge is -2.28. The Morgan fingerprint density at radius 3 is 2.79 bits per heavy atom. The van der Waals surface area contributed by atoms with Crippen LogP contribution in [-0.2, 0) is 4.79 Å². The van der Waals surface area contributed by atoms with Crippen LogP contribution in [0.4, 0.5) is 0 Å². The molecule has 19 heavy (non-hydrogen) atoms. The molecule has 0 bridgehead atoms. The zero-order valence-electron chi connectivity index (χ0n) is 12.0. The van der Waals surface area contributed by atoms with E-state index in [0.717, 1.165) is 19.5 Å². The van der Waals surface area contributed by atoms with Crippen LogP contribution in [-0.4, -0.2) is 65.2 Å². The maximum atomic E-state index is 11.2. The fourth-order valence-corrected chi connectivity index (χ4v) is 3.39. The van der Waals surface area contributed by atoms with E-state index in [2.05, 4.69) is 16.7 Å². The highest BCUT2D eigenvalue weighted by molar-refractivity contribution is 5.79. The molecule has 3 N–H and O–H groups in total. The van der Waals surface area contributed by atoms with Crippen molar-refractivity contribution in [1.82, 2.24) is 9.80 Å². The van der Waals surface area contributed by atoms with E-state index in [1.54, 1.807) is 0 Å². The molecule has 5 heteroatoms. The highest BCUT2D eigenvalue weighted by Crippen LogP contribution is 2.26. The van der Waals surface area contributed by atoms with Crippen LogP contribution in [0.3, 0.4) is 0 Å². The van der Waals surface area contributed by atoms with Crippen molar-refractivity contribution in [2.24, 2.45) is 5.73 Å². The second-order valence-corrected chi connectivity index (χ2v) is 6.11. The monoisotopic (exact) mass is 269 g/mol. The Bertz CT molecular complexity index is 324. The number of hydrogen-bond donors (Lipinski definition) is 2. The lowest BCUT2D eigenvalue weighted by molar-refractivity contribution is -0.142. The highest BCUT2D eigenvalue weighted by Gasteiger charge is 2.43. The maximum Gasteiger partial charge on any atom is 0.325 e. The Balaban J connectivity index is 1.88. The molecule has 110 valence electrons. The summed E-state index contributed by atoms with van der Waals surface area (Å²) >= 11 is 0. The number of aliphatic carboxylic acids is 1. The van der Waals surface area contributed by atoms with Gasteiger partial charge in [0.15, 0.2) is 0 Å². The molecule has 0 spiro atoms. The predicted octanol–water partition coefficient (Wildman–Crippen LogP) is 0.739. The number of likely N-dealkylation sites (tertiary alicyclic amines) is 2. The summed E-state index contributed by atoms with van der Waals surface area (Å²) in [6.07, 6.45) is 5.33. The molecule has 2 fully saturated rings. The Hall–Kier alpha value is -0.650. The van der Waals surface area contributed by atoms with Gasteiger partial charge < -0.3 is 15.7 Å². The van der Waals surface area contributed by atoms with E-state index < -0.39 is 11.5 Å². The summed E-state index contributed by atoms with van der Waals surface area (Å²) in [6, 6.07) is 0.520. The normalized spacial score (nSPS) is 34.3. The van der Waals surface area contributed by atoms with Crippen LogP contribution in [0.1, 0.15) is 39.0 Å². The quantitative estimate of drug-likeness (QED) is 0.788. The van der Waals surface area contributed by atoms with Gasteiger partial charge in [-0.15, -0.1) is 0 Å². The minimum atomic E-state index is -1.02. The molecular weight excluding hydrogens is 242 g/mol. The molecule has 5 nitrogen and oxygen atoms in total. The molecule has 0 aliphatic carbocycles. The molecule has 2 saturated heterocycles. The van der Waals surface area contributed by atoms with E-state index in [-0.39, 0.29) is 0 Å². The van der Waals surface area contributed by atoms with Crippen LogP contribution >= 0.6 is 0 Å². The maximum absolute atomic E-state index is 11.2. The topological polar surface area (TPSA) is 69.8 Å². The average Bonchev–Trinajstić information content (AvgIpc) is 2.63. The summed E-state index contributed by atoms with van der Waals surface area (Å²) in [5.74, 6) is -0.851. The number of carboxylic acid groups (broad SMARTS) is 1. The molecule has 0 radical (unpaired) electrons. The number of carboxylic acids is 1. The van der Waals surface area contributed by atoms with Gasteiger partial charge in [-0.05, 0) is 51.7 Å². The van der Waals surface area contributed by atoms with E-state index in [4.69, 9.17) is 5.73 Å². The minimum absolute atomic E-state index is 0.515. The van der Waals surface area contributed by atoms with Crippen molar-refractivity contribution in [2.45, 2.75) is 50.6 Å². The molecule has 2 rings (SSSR count). The van der Waals surface area contributed by atoms with E-state index in [9.17, 15) is 9.90 Å². The second kappa shape index (κ2) is 6.20. The Labute approximate surface area is 115 Å². The van der Waals surface area contributed by atoms with E-state index in [1.807, 2.05) is 0 Å². The molecule has 2 aliphatic heterocycles. The Morgan fingerprint density at radius 2 is 2.16 bits per heavy atom. The number of nitrogens with zero attached hydrogens (tertiary/aromatic N) is 2. The zero-order chi connectivity index (χ0) is 13.9. The van der Waals surface area contributed by atoms with Gasteiger partial charge in [-0.3, -0.25) is 9.69 Å². The third-order valence-corrected chi connectivity index (χ3v) is 4.60. The van der Waals surface area contributed by atoms with E-state index in [1.165, 1.54) is 32.4 Å². The number of nitrogens with two attached hydrogens (primary N) is 1. The van der Waals surface area contributed by atoms with Crippen LogP contribution in [0.2, 0.25) is 0 Å². The number of hydrogen-bond acceptors (Lipinski definition) is 4. The van der Waals surface area contributed by atoms with Crippen LogP contribution in [0, 0.1) is 0 Å². The van der Waals surface area contributed by atoms with Crippen molar-refractivity contribution in [3.63, 3.8) is 0 Å². The van der Waals surface area contributed by atoms with Crippen LogP contribution < -0.4 is 5.73 Å². The van der Waals surface area contributed by atoms with E-state index in [0.29, 0.717) is 19.0 Å². The molecule has 0 amide bonds. The summed E-state index contributed by atoms with van der Waals surface area (Å²) in [5.41, 5.74) is 4.94. The molecule has 0 aromatic heterocycles. The summed E-state index contributed by atoms with van der Waals surface area (Å²) in [5, 5.41) is 9.20. The van der Waals surface area contributed by atoms with Crippen molar-refractivity contribution in [3.05, 3.63) is 0 Å². The lowest BCUT2D eigenvalue weighted by atomic mass is 10.0. The summed E-state index contributed by atoms with van der Waals surface area (Å²) in [6.45, 7) is 7.08. The second-order valence-electron chi connectivity index (χ2n) is 6.11. The van der Waals surface area contributed by atoms with Gasteiger partial charge in [0, 0.05) is 19.1 Å². The van der Waals surface area contributed by atoms with Crippen molar-refractivity contribution in [3.8, 4) is 0 Å². The predicted molar refractivity (Wildman–Crippen MR) is 75.1 cm³/mol. The molecule has 2 heterocycles. The molecular formula is C14H27N3O2. The standard InChI is InChI=1S/C14H27N3O2/c1-2-7-16-8-3-4-12(5-9-16)17-10-6-14(15,11-17)13(18)19/h12H,2-11,15H2,1H3,(H,18,19). The molecule has 2 atom stereocenters. The zero-order valence-corrected chi connectivity index (χ0v) is 12.0. The van der Waals surface area contributed by atoms with Crippen molar-refractivity contribution < 1.29 is 9.90 Å². The van der Waals surface area contributed by atoms with Crippen molar-refractivity contribution in [1.29, 1.82) is 0 Å². The van der Waals surface area contributed by atoms with E-state index >= 15 is 0 Å². The van der Waals surface area contributed by atoms with Gasteiger partial charge in [-0.1, -0.05) is 6.92 Å². The smallest absolute Gasteiger partial charge is 0.325 e. The largest absolute Gasteiger partial charge is 0.480 e. The Morgan fingerprint density at radius 1 is 1.37 bits per heavy atom. The van der Waals surface area contributed by atoms with Gasteiger partial charge in [-0.2, -0.15) is 0 Å². The lowest BCUT2D eigenvalue weighted by Crippen LogP contribution is -2.51. The molecule has 2 aliphatic rings. The summed E-state index contributed by atoms with van der Waals surface area (Å²) in [4.78, 5) is 16.0. The van der Waals surface area contributed by atoms with Gasteiger partial charge in [0.2, 0.25) is 0 Å². The third-order valence-electron chi connectivity index (χ3n) is 4.60. The number of carbonyl (C=O) groups is 1. The molecule has 0 aromatic rings. The van der Waals surface area contributed by atoms with Gasteiger partial charge >= 0.3 is 5.97 Å². The van der Waals surface area contributed by atoms with Crippen LogP contribution in [0.25, 0.3) is 0 Å². The highest BCUT2D eigenvalue weighted by atomic mass is 16.4. The van der Waals surface area contributed by atoms with Crippen molar-refractivity contribution in [2.75, 3.05) is 32.7 Å². The molecule has 2 unspecified atom stereocenters. The van der Waals surface area contributed by atoms with Gasteiger partial charge in [-0.25, -0.2) is 0 Å². The van der Waals surface area contributed by atoms with Crippen LogP contribution in [0.5, 0.6) is 0 Å². The SMILES string of the molecule is CCCN1CCCC(N2CCC(N)(C(=O)O)C2)CC1. The first-order valence-electron chi connectivity index (χ1n) is 7.54. The summed E-state index contributed by atoms with van der Waals surface area (Å²) < 4.78 is 0. The van der Waals surface area contributed by atoms with Crippen molar-refractivity contribution >= 4 is 5.97 Å². The fraction of sp³-hybridized carbons (Fsp3) is 0.929. The first kappa shape index (κ1) is 14.8. The van der Waals surface area contributed by atoms with Gasteiger partial charge in [0.05, 0.1) is 0 Å². The minimum Gasteiger partial charge on any atom is -0.480 e. The molecule has 0 saturated carbocycles. The fourth-order valence-electron chi connectivity index (χ4n) is 3.39. The molecule has 0 aromatic carbocycles. The number of rotatable bonds is 4. The first-order valence-corrected chi connectivity index (χ1v) is 7.54. The average molecular weight is 269 g/mol. The Kier molecular flexibility index (Phi) is 4.81. The third kappa shape index (κ3) is 3.46.